The number of nitrogens with zero attached hydrogens (tertiary/aromatic N) is 1. The zero-order valence-corrected chi connectivity index (χ0v) is 9.63. The Morgan fingerprint density at radius 3 is 2.40 bits per heavy atom. The van der Waals surface area contributed by atoms with Gasteiger partial charge in [0.2, 0.25) is 0 Å². The Bertz CT molecular complexity index is 245. The van der Waals surface area contributed by atoms with E-state index in [1.165, 1.54) is 0 Å². The second-order valence-corrected chi connectivity index (χ2v) is 3.29. The van der Waals surface area contributed by atoms with Crippen LogP contribution in [0.1, 0.15) is 6.42 Å². The molecule has 0 amide bonds. The lowest BCUT2D eigenvalue weighted by molar-refractivity contribution is -0.139. The highest BCUT2D eigenvalue weighted by Crippen LogP contribution is 2.40. The summed E-state index contributed by atoms with van der Waals surface area (Å²) in [6.45, 7) is 0.480. The van der Waals surface area contributed by atoms with Gasteiger partial charge in [-0.2, -0.15) is 0 Å². The van der Waals surface area contributed by atoms with Gasteiger partial charge in [-0.15, -0.1) is 24.8 Å². The molecule has 6 nitrogen and oxygen atoms in total. The molecule has 15 heavy (non-hydrogen) atoms. The van der Waals surface area contributed by atoms with Gasteiger partial charge in [-0.3, -0.25) is 9.79 Å². The molecule has 90 valence electrons. The molecule has 0 unspecified atom stereocenters. The van der Waals surface area contributed by atoms with Crippen LogP contribution in [0.4, 0.5) is 0 Å². The first-order valence-corrected chi connectivity index (χ1v) is 4.06. The summed E-state index contributed by atoms with van der Waals surface area (Å²) in [7, 11) is 0. The molecule has 0 heterocycles. The van der Waals surface area contributed by atoms with E-state index < -0.39 is 12.0 Å². The van der Waals surface area contributed by atoms with E-state index in [9.17, 15) is 4.79 Å². The molecule has 0 aromatic carbocycles. The number of hydrogen-bond acceptors (Lipinski definition) is 3. The van der Waals surface area contributed by atoms with E-state index in [1.54, 1.807) is 0 Å². The van der Waals surface area contributed by atoms with Crippen LogP contribution in [0.3, 0.4) is 0 Å². The predicted molar refractivity (Wildman–Crippen MR) is 62.4 cm³/mol. The second-order valence-electron chi connectivity index (χ2n) is 3.29. The minimum absolute atomic E-state index is 0. The Balaban J connectivity index is 0. The number of halogens is 2. The average molecular weight is 259 g/mol. The van der Waals surface area contributed by atoms with Gasteiger partial charge >= 0.3 is 5.97 Å². The highest BCUT2D eigenvalue weighted by Gasteiger charge is 2.44. The normalized spacial score (nSPS) is 24.1. The van der Waals surface area contributed by atoms with Crippen LogP contribution in [0.5, 0.6) is 0 Å². The SMILES string of the molecule is Cl.Cl.NC(N)=NC[C@H]1C[C@@H]1[C@H](N)C(=O)O. The van der Waals surface area contributed by atoms with Gasteiger partial charge in [0.05, 0.1) is 0 Å². The van der Waals surface area contributed by atoms with Crippen molar-refractivity contribution in [1.82, 2.24) is 0 Å². The number of guanidine groups is 1. The molecule has 1 fully saturated rings. The summed E-state index contributed by atoms with van der Waals surface area (Å²) in [5, 5.41) is 8.58. The summed E-state index contributed by atoms with van der Waals surface area (Å²) in [4.78, 5) is 14.3. The number of carbonyl (C=O) groups is 1. The fraction of sp³-hybridized carbons (Fsp3) is 0.714. The Morgan fingerprint density at radius 1 is 1.47 bits per heavy atom. The number of carboxylic acid groups (broad SMARTS) is 1. The van der Waals surface area contributed by atoms with Crippen LogP contribution in [-0.4, -0.2) is 29.6 Å². The van der Waals surface area contributed by atoms with Crippen LogP contribution in [0, 0.1) is 11.8 Å². The molecule has 7 N–H and O–H groups in total. The van der Waals surface area contributed by atoms with Crippen molar-refractivity contribution in [3.63, 3.8) is 0 Å². The van der Waals surface area contributed by atoms with Gasteiger partial charge in [-0.25, -0.2) is 0 Å². The average Bonchev–Trinajstić information content (AvgIpc) is 2.78. The van der Waals surface area contributed by atoms with Crippen LogP contribution in [0.25, 0.3) is 0 Å². The topological polar surface area (TPSA) is 128 Å². The molecule has 1 rings (SSSR count). The molecule has 0 bridgehead atoms. The van der Waals surface area contributed by atoms with E-state index in [-0.39, 0.29) is 42.6 Å². The van der Waals surface area contributed by atoms with Crippen LogP contribution in [0.15, 0.2) is 4.99 Å². The Kier molecular flexibility index (Phi) is 7.47. The van der Waals surface area contributed by atoms with E-state index in [4.69, 9.17) is 22.3 Å². The molecular weight excluding hydrogens is 243 g/mol. The van der Waals surface area contributed by atoms with Crippen molar-refractivity contribution < 1.29 is 9.90 Å². The molecule has 1 aliphatic rings. The first kappa shape index (κ1) is 16.7. The lowest BCUT2D eigenvalue weighted by Crippen LogP contribution is -2.33. The van der Waals surface area contributed by atoms with Gasteiger partial charge < -0.3 is 22.3 Å². The van der Waals surface area contributed by atoms with E-state index in [1.807, 2.05) is 0 Å². The van der Waals surface area contributed by atoms with Crippen molar-refractivity contribution >= 4 is 36.7 Å². The first-order chi connectivity index (χ1) is 6.02. The third-order valence-electron chi connectivity index (χ3n) is 2.23. The van der Waals surface area contributed by atoms with E-state index >= 15 is 0 Å². The molecule has 0 aliphatic heterocycles. The molecule has 0 saturated heterocycles. The number of aliphatic carboxylic acids is 1. The van der Waals surface area contributed by atoms with Crippen LogP contribution < -0.4 is 17.2 Å². The van der Waals surface area contributed by atoms with Crippen molar-refractivity contribution in [2.24, 2.45) is 34.0 Å². The maximum absolute atomic E-state index is 10.5. The summed E-state index contributed by atoms with van der Waals surface area (Å²) in [6.07, 6.45) is 0.796. The van der Waals surface area contributed by atoms with Gasteiger partial charge in [0.15, 0.2) is 5.96 Å². The fourth-order valence-electron chi connectivity index (χ4n) is 1.33. The van der Waals surface area contributed by atoms with Crippen molar-refractivity contribution in [3.8, 4) is 0 Å². The van der Waals surface area contributed by atoms with Crippen LogP contribution in [0.2, 0.25) is 0 Å². The summed E-state index contributed by atoms with van der Waals surface area (Å²) < 4.78 is 0. The minimum atomic E-state index is -0.961. The first-order valence-electron chi connectivity index (χ1n) is 4.06. The standard InChI is InChI=1S/C7H14N4O2.2ClH/c8-5(6(12)13)4-1-3(4)2-11-7(9)10;;/h3-5H,1-2,8H2,(H,12,13)(H4,9,10,11);2*1H/t3-,4+,5+;;/m1../s1. The van der Waals surface area contributed by atoms with Crippen molar-refractivity contribution in [3.05, 3.63) is 0 Å². The fourth-order valence-corrected chi connectivity index (χ4v) is 1.33. The molecule has 0 aromatic rings. The smallest absolute Gasteiger partial charge is 0.320 e. The van der Waals surface area contributed by atoms with Crippen LogP contribution >= 0.6 is 24.8 Å². The molecule has 0 radical (unpaired) electrons. The van der Waals surface area contributed by atoms with E-state index in [2.05, 4.69) is 4.99 Å². The lowest BCUT2D eigenvalue weighted by Gasteiger charge is -2.03. The van der Waals surface area contributed by atoms with Gasteiger partial charge in [-0.1, -0.05) is 0 Å². The molecule has 0 spiro atoms. The molecule has 1 saturated carbocycles. The number of nitrogens with two attached hydrogens (primary N) is 3. The molecule has 8 heteroatoms. The number of hydrogen-bond donors (Lipinski definition) is 4. The lowest BCUT2D eigenvalue weighted by atomic mass is 10.1. The van der Waals surface area contributed by atoms with Crippen LogP contribution in [-0.2, 0) is 4.79 Å². The minimum Gasteiger partial charge on any atom is -0.480 e. The van der Waals surface area contributed by atoms with Gasteiger partial charge in [0.25, 0.3) is 0 Å². The summed E-state index contributed by atoms with van der Waals surface area (Å²) in [6, 6.07) is -0.779. The molecule has 3 atom stereocenters. The van der Waals surface area contributed by atoms with Crippen molar-refractivity contribution in [2.45, 2.75) is 12.5 Å². The van der Waals surface area contributed by atoms with E-state index in [0.29, 0.717) is 6.54 Å². The summed E-state index contributed by atoms with van der Waals surface area (Å²) in [5.41, 5.74) is 15.7. The largest absolute Gasteiger partial charge is 0.480 e. The van der Waals surface area contributed by atoms with Crippen molar-refractivity contribution in [2.75, 3.05) is 6.54 Å². The molecule has 0 aromatic heterocycles. The van der Waals surface area contributed by atoms with Gasteiger partial charge in [0.1, 0.15) is 6.04 Å². The highest BCUT2D eigenvalue weighted by atomic mass is 35.5. The zero-order valence-electron chi connectivity index (χ0n) is 8.00. The highest BCUT2D eigenvalue weighted by molar-refractivity contribution is 5.85. The maximum Gasteiger partial charge on any atom is 0.320 e. The summed E-state index contributed by atoms with van der Waals surface area (Å²) >= 11 is 0. The Labute approximate surface area is 100 Å². The molecule has 1 aliphatic carbocycles. The second kappa shape index (κ2) is 6.71. The van der Waals surface area contributed by atoms with E-state index in [0.717, 1.165) is 6.42 Å². The summed E-state index contributed by atoms with van der Waals surface area (Å²) in [5.74, 6) is -0.666. The zero-order chi connectivity index (χ0) is 10.0. The number of carboxylic acids is 1. The maximum atomic E-state index is 10.5. The number of aliphatic imine (C=N–C) groups is 1. The Hall–Kier alpha value is -0.720. The quantitative estimate of drug-likeness (QED) is 0.386. The third kappa shape index (κ3) is 5.06. The molecular formula is C7H16Cl2N4O2. The van der Waals surface area contributed by atoms with Gasteiger partial charge in [-0.05, 0) is 18.3 Å². The monoisotopic (exact) mass is 258 g/mol. The third-order valence-corrected chi connectivity index (χ3v) is 2.23. The number of rotatable bonds is 4. The predicted octanol–water partition coefficient (Wildman–Crippen LogP) is -0.849. The Morgan fingerprint density at radius 2 is 2.00 bits per heavy atom. The van der Waals surface area contributed by atoms with Crippen molar-refractivity contribution in [1.29, 1.82) is 0 Å². The van der Waals surface area contributed by atoms with Gasteiger partial charge in [0, 0.05) is 6.54 Å².